The van der Waals surface area contributed by atoms with E-state index in [2.05, 4.69) is 10.3 Å². The Hall–Kier alpha value is -1.23. The zero-order valence-electron chi connectivity index (χ0n) is 9.43. The molecule has 1 aliphatic carbocycles. The fourth-order valence-corrected chi connectivity index (χ4v) is 2.29. The molecule has 2 N–H and O–H groups in total. The lowest BCUT2D eigenvalue weighted by molar-refractivity contribution is -0.120. The van der Waals surface area contributed by atoms with E-state index >= 15 is 0 Å². The van der Waals surface area contributed by atoms with Crippen LogP contribution in [0.3, 0.4) is 0 Å². The number of ketones is 1. The molecule has 1 saturated carbocycles. The maximum Gasteiger partial charge on any atom is 0.154 e. The van der Waals surface area contributed by atoms with E-state index in [1.165, 1.54) is 25.7 Å². The van der Waals surface area contributed by atoms with Crippen molar-refractivity contribution in [3.05, 3.63) is 11.9 Å². The molecule has 0 aromatic carbocycles. The van der Waals surface area contributed by atoms with E-state index in [-0.39, 0.29) is 5.78 Å². The van der Waals surface area contributed by atoms with Crippen LogP contribution in [-0.4, -0.2) is 20.8 Å². The molecule has 0 unspecified atom stereocenters. The molecule has 0 atom stereocenters. The van der Waals surface area contributed by atoms with E-state index in [1.807, 2.05) is 0 Å². The summed E-state index contributed by atoms with van der Waals surface area (Å²) in [5.41, 5.74) is 6.16. The maximum absolute atomic E-state index is 11.7. The maximum atomic E-state index is 11.7. The lowest BCUT2D eigenvalue weighted by Crippen LogP contribution is -2.13. The van der Waals surface area contributed by atoms with E-state index in [0.29, 0.717) is 25.4 Å². The number of carbonyl (C=O) groups excluding carboxylic acids is 1. The SMILES string of the molecule is NCc1cn(CC(=O)CC2CCCC2)nn1. The van der Waals surface area contributed by atoms with Crippen molar-refractivity contribution in [3.63, 3.8) is 0 Å². The number of aromatic nitrogens is 3. The summed E-state index contributed by atoms with van der Waals surface area (Å²) in [5.74, 6) is 0.852. The summed E-state index contributed by atoms with van der Waals surface area (Å²) in [4.78, 5) is 11.7. The molecule has 0 aliphatic heterocycles. The molecule has 0 bridgehead atoms. The fraction of sp³-hybridized carbons (Fsp3) is 0.727. The fourth-order valence-electron chi connectivity index (χ4n) is 2.29. The molecule has 16 heavy (non-hydrogen) atoms. The van der Waals surface area contributed by atoms with E-state index in [0.717, 1.165) is 5.69 Å². The Kier molecular flexibility index (Phi) is 3.66. The molecule has 5 heteroatoms. The number of nitrogens with zero attached hydrogens (tertiary/aromatic N) is 3. The number of rotatable bonds is 5. The predicted octanol–water partition coefficient (Wildman–Crippen LogP) is 0.886. The van der Waals surface area contributed by atoms with Gasteiger partial charge < -0.3 is 5.73 Å². The summed E-state index contributed by atoms with van der Waals surface area (Å²) in [7, 11) is 0. The minimum absolute atomic E-state index is 0.250. The second-order valence-electron chi connectivity index (χ2n) is 4.50. The standard InChI is InChI=1S/C11H18N4O/c12-6-10-7-15(14-13-10)8-11(16)5-9-3-1-2-4-9/h7,9H,1-6,8,12H2. The first kappa shape index (κ1) is 11.3. The van der Waals surface area contributed by atoms with Crippen LogP contribution < -0.4 is 5.73 Å². The van der Waals surface area contributed by atoms with Gasteiger partial charge in [0.25, 0.3) is 0 Å². The molecular weight excluding hydrogens is 204 g/mol. The molecule has 0 radical (unpaired) electrons. The Morgan fingerprint density at radius 2 is 2.25 bits per heavy atom. The molecule has 1 fully saturated rings. The zero-order chi connectivity index (χ0) is 11.4. The van der Waals surface area contributed by atoms with Gasteiger partial charge in [-0.05, 0) is 5.92 Å². The quantitative estimate of drug-likeness (QED) is 0.802. The highest BCUT2D eigenvalue weighted by atomic mass is 16.1. The third-order valence-electron chi connectivity index (χ3n) is 3.12. The van der Waals surface area contributed by atoms with Crippen molar-refractivity contribution < 1.29 is 4.79 Å². The van der Waals surface area contributed by atoms with Gasteiger partial charge in [-0.25, -0.2) is 4.68 Å². The van der Waals surface area contributed by atoms with Crippen molar-refractivity contribution in [1.29, 1.82) is 0 Å². The van der Waals surface area contributed by atoms with Gasteiger partial charge in [-0.15, -0.1) is 5.10 Å². The normalized spacial score (nSPS) is 16.8. The molecule has 88 valence electrons. The van der Waals surface area contributed by atoms with Gasteiger partial charge in [-0.1, -0.05) is 30.9 Å². The summed E-state index contributed by atoms with van der Waals surface area (Å²) >= 11 is 0. The van der Waals surface area contributed by atoms with E-state index < -0.39 is 0 Å². The Morgan fingerprint density at radius 1 is 1.50 bits per heavy atom. The summed E-state index contributed by atoms with van der Waals surface area (Å²) in [6.07, 6.45) is 7.40. The molecule has 5 nitrogen and oxygen atoms in total. The van der Waals surface area contributed by atoms with E-state index in [9.17, 15) is 4.79 Å². The Balaban J connectivity index is 1.81. The molecule has 1 heterocycles. The molecule has 1 aromatic heterocycles. The van der Waals surface area contributed by atoms with Crippen molar-refractivity contribution in [2.75, 3.05) is 0 Å². The third kappa shape index (κ3) is 2.88. The lowest BCUT2D eigenvalue weighted by atomic mass is 10.0. The van der Waals surface area contributed by atoms with Crippen LogP contribution in [0.4, 0.5) is 0 Å². The minimum Gasteiger partial charge on any atom is -0.325 e. The van der Waals surface area contributed by atoms with Crippen molar-refractivity contribution in [3.8, 4) is 0 Å². The van der Waals surface area contributed by atoms with Crippen molar-refractivity contribution in [2.45, 2.75) is 45.2 Å². The van der Waals surface area contributed by atoms with Crippen LogP contribution in [0.1, 0.15) is 37.8 Å². The molecule has 0 amide bonds. The highest BCUT2D eigenvalue weighted by molar-refractivity contribution is 5.78. The Labute approximate surface area is 95.0 Å². The smallest absolute Gasteiger partial charge is 0.154 e. The van der Waals surface area contributed by atoms with Gasteiger partial charge in [-0.2, -0.15) is 0 Å². The first-order chi connectivity index (χ1) is 7.78. The molecule has 1 aliphatic rings. The van der Waals surface area contributed by atoms with E-state index in [1.54, 1.807) is 10.9 Å². The number of Topliss-reactive ketones (excluding diaryl/α,β-unsaturated/α-hetero) is 1. The van der Waals surface area contributed by atoms with Crippen LogP contribution in [0, 0.1) is 5.92 Å². The molecule has 1 aromatic rings. The van der Waals surface area contributed by atoms with Crippen LogP contribution in [-0.2, 0) is 17.9 Å². The molecule has 0 saturated heterocycles. The first-order valence-electron chi connectivity index (χ1n) is 5.88. The molecular formula is C11H18N4O. The summed E-state index contributed by atoms with van der Waals surface area (Å²) in [6.45, 7) is 0.709. The summed E-state index contributed by atoms with van der Waals surface area (Å²) in [5, 5.41) is 7.72. The van der Waals surface area contributed by atoms with Gasteiger partial charge in [-0.3, -0.25) is 4.79 Å². The zero-order valence-corrected chi connectivity index (χ0v) is 9.43. The third-order valence-corrected chi connectivity index (χ3v) is 3.12. The van der Waals surface area contributed by atoms with Gasteiger partial charge >= 0.3 is 0 Å². The highest BCUT2D eigenvalue weighted by Gasteiger charge is 2.18. The Bertz CT molecular complexity index is 355. The van der Waals surface area contributed by atoms with Gasteiger partial charge in [0.1, 0.15) is 6.54 Å². The Morgan fingerprint density at radius 3 is 2.88 bits per heavy atom. The van der Waals surface area contributed by atoms with Gasteiger partial charge in [0.15, 0.2) is 5.78 Å². The largest absolute Gasteiger partial charge is 0.325 e. The van der Waals surface area contributed by atoms with E-state index in [4.69, 9.17) is 5.73 Å². The van der Waals surface area contributed by atoms with Gasteiger partial charge in [0.2, 0.25) is 0 Å². The first-order valence-corrected chi connectivity index (χ1v) is 5.88. The van der Waals surface area contributed by atoms with Crippen molar-refractivity contribution >= 4 is 5.78 Å². The summed E-state index contributed by atoms with van der Waals surface area (Å²) < 4.78 is 1.58. The van der Waals surface area contributed by atoms with Crippen molar-refractivity contribution in [2.24, 2.45) is 11.7 Å². The number of hydrogen-bond donors (Lipinski definition) is 1. The van der Waals surface area contributed by atoms with Crippen LogP contribution >= 0.6 is 0 Å². The average Bonchev–Trinajstić information content (AvgIpc) is 2.89. The number of carbonyl (C=O) groups is 1. The summed E-state index contributed by atoms with van der Waals surface area (Å²) in [6, 6.07) is 0. The van der Waals surface area contributed by atoms with Gasteiger partial charge in [0.05, 0.1) is 11.9 Å². The van der Waals surface area contributed by atoms with Crippen LogP contribution in [0.2, 0.25) is 0 Å². The number of nitrogens with two attached hydrogens (primary N) is 1. The topological polar surface area (TPSA) is 73.8 Å². The second-order valence-corrected chi connectivity index (χ2v) is 4.50. The van der Waals surface area contributed by atoms with Crippen LogP contribution in [0.15, 0.2) is 6.20 Å². The lowest BCUT2D eigenvalue weighted by Gasteiger charge is -2.06. The number of hydrogen-bond acceptors (Lipinski definition) is 4. The van der Waals surface area contributed by atoms with Crippen molar-refractivity contribution in [1.82, 2.24) is 15.0 Å². The molecule has 0 spiro atoms. The molecule has 2 rings (SSSR count). The average molecular weight is 222 g/mol. The highest BCUT2D eigenvalue weighted by Crippen LogP contribution is 2.27. The van der Waals surface area contributed by atoms with Crippen LogP contribution in [0.25, 0.3) is 0 Å². The minimum atomic E-state index is 0.250. The van der Waals surface area contributed by atoms with Crippen LogP contribution in [0.5, 0.6) is 0 Å². The monoisotopic (exact) mass is 222 g/mol. The van der Waals surface area contributed by atoms with Gasteiger partial charge in [0, 0.05) is 13.0 Å². The second kappa shape index (κ2) is 5.21. The predicted molar refractivity (Wildman–Crippen MR) is 59.5 cm³/mol.